The fourth-order valence-corrected chi connectivity index (χ4v) is 3.88. The number of anilines is 2. The number of nitrogens with one attached hydrogen (secondary N) is 1. The molecule has 5 nitrogen and oxygen atoms in total. The molecule has 0 aromatic heterocycles. The van der Waals surface area contributed by atoms with E-state index in [0.717, 1.165) is 37.3 Å². The third-order valence-corrected chi connectivity index (χ3v) is 5.37. The Bertz CT molecular complexity index is 848. The predicted molar refractivity (Wildman–Crippen MR) is 113 cm³/mol. The summed E-state index contributed by atoms with van der Waals surface area (Å²) in [6.45, 7) is 7.27. The molecule has 3 rings (SSSR count). The lowest BCUT2D eigenvalue weighted by molar-refractivity contribution is 0.0773. The minimum Gasteiger partial charge on any atom is -0.339 e. The molecule has 2 aromatic rings. The molecule has 0 saturated carbocycles. The standard InChI is InChI=1S/C23H28N4O/c1-3-26(4-2)23(28)21-10-5-6-11-22(21)27(19-12-14-25-15-13-19)20-9-7-8-18(16-20)17-24/h5-11,16,19,25H,3-4,12-15H2,1-2H3. The van der Waals surface area contributed by atoms with Crippen LogP contribution in [0.1, 0.15) is 42.6 Å². The van der Waals surface area contributed by atoms with Crippen molar-refractivity contribution < 1.29 is 4.79 Å². The highest BCUT2D eigenvalue weighted by Crippen LogP contribution is 2.34. The molecule has 1 saturated heterocycles. The molecule has 28 heavy (non-hydrogen) atoms. The molecule has 5 heteroatoms. The highest BCUT2D eigenvalue weighted by molar-refractivity contribution is 6.00. The van der Waals surface area contributed by atoms with Crippen LogP contribution in [0.25, 0.3) is 0 Å². The summed E-state index contributed by atoms with van der Waals surface area (Å²) in [7, 11) is 0. The van der Waals surface area contributed by atoms with Gasteiger partial charge in [0.1, 0.15) is 0 Å². The Morgan fingerprint density at radius 3 is 2.50 bits per heavy atom. The summed E-state index contributed by atoms with van der Waals surface area (Å²) >= 11 is 0. The number of amides is 1. The highest BCUT2D eigenvalue weighted by Gasteiger charge is 2.27. The molecule has 0 spiro atoms. The molecule has 0 aliphatic carbocycles. The van der Waals surface area contributed by atoms with Crippen LogP contribution in [0.15, 0.2) is 48.5 Å². The van der Waals surface area contributed by atoms with Crippen molar-refractivity contribution in [2.75, 3.05) is 31.1 Å². The van der Waals surface area contributed by atoms with Gasteiger partial charge in [0.05, 0.1) is 22.9 Å². The zero-order valence-electron chi connectivity index (χ0n) is 16.7. The third-order valence-electron chi connectivity index (χ3n) is 5.37. The maximum Gasteiger partial charge on any atom is 0.255 e. The molecular formula is C23H28N4O. The zero-order valence-corrected chi connectivity index (χ0v) is 16.7. The second-order valence-corrected chi connectivity index (χ2v) is 7.01. The topological polar surface area (TPSA) is 59.4 Å². The fourth-order valence-electron chi connectivity index (χ4n) is 3.88. The molecule has 1 aliphatic rings. The first-order valence-electron chi connectivity index (χ1n) is 10.1. The summed E-state index contributed by atoms with van der Waals surface area (Å²) in [5, 5.41) is 12.8. The number of para-hydroxylation sites is 1. The number of rotatable bonds is 6. The van der Waals surface area contributed by atoms with Gasteiger partial charge in [-0.3, -0.25) is 4.79 Å². The van der Waals surface area contributed by atoms with Crippen LogP contribution in [-0.2, 0) is 0 Å². The van der Waals surface area contributed by atoms with Gasteiger partial charge in [0.15, 0.2) is 0 Å². The van der Waals surface area contributed by atoms with Crippen LogP contribution in [0.2, 0.25) is 0 Å². The van der Waals surface area contributed by atoms with Crippen LogP contribution < -0.4 is 10.2 Å². The zero-order chi connectivity index (χ0) is 19.9. The van der Waals surface area contributed by atoms with Crippen LogP contribution >= 0.6 is 0 Å². The first-order chi connectivity index (χ1) is 13.7. The van der Waals surface area contributed by atoms with Crippen molar-refractivity contribution in [3.63, 3.8) is 0 Å². The number of carbonyl (C=O) groups is 1. The van der Waals surface area contributed by atoms with Crippen molar-refractivity contribution >= 4 is 17.3 Å². The molecule has 1 aliphatic heterocycles. The van der Waals surface area contributed by atoms with Gasteiger partial charge in [0.25, 0.3) is 5.91 Å². The monoisotopic (exact) mass is 376 g/mol. The van der Waals surface area contributed by atoms with Crippen LogP contribution in [0.4, 0.5) is 11.4 Å². The van der Waals surface area contributed by atoms with Crippen molar-refractivity contribution in [3.8, 4) is 6.07 Å². The minimum absolute atomic E-state index is 0.0518. The summed E-state index contributed by atoms with van der Waals surface area (Å²) in [5.74, 6) is 0.0518. The summed E-state index contributed by atoms with van der Waals surface area (Å²) < 4.78 is 0. The van der Waals surface area contributed by atoms with Crippen LogP contribution in [0, 0.1) is 11.3 Å². The van der Waals surface area contributed by atoms with E-state index in [0.29, 0.717) is 24.2 Å². The summed E-state index contributed by atoms with van der Waals surface area (Å²) in [5.41, 5.74) is 3.23. The SMILES string of the molecule is CCN(CC)C(=O)c1ccccc1N(c1cccc(C#N)c1)C1CCNCC1. The number of hydrogen-bond acceptors (Lipinski definition) is 4. The molecule has 2 aromatic carbocycles. The van der Waals surface area contributed by atoms with E-state index in [1.165, 1.54) is 0 Å². The number of nitriles is 1. The van der Waals surface area contributed by atoms with Gasteiger partial charge in [-0.15, -0.1) is 0 Å². The fraction of sp³-hybridized carbons (Fsp3) is 0.391. The van der Waals surface area contributed by atoms with Gasteiger partial charge in [0.2, 0.25) is 0 Å². The van der Waals surface area contributed by atoms with Crippen molar-refractivity contribution in [2.45, 2.75) is 32.7 Å². The van der Waals surface area contributed by atoms with Gasteiger partial charge in [-0.1, -0.05) is 18.2 Å². The summed E-state index contributed by atoms with van der Waals surface area (Å²) in [4.78, 5) is 17.3. The second-order valence-electron chi connectivity index (χ2n) is 7.01. The van der Waals surface area contributed by atoms with Gasteiger partial charge in [-0.25, -0.2) is 0 Å². The smallest absolute Gasteiger partial charge is 0.255 e. The van der Waals surface area contributed by atoms with Gasteiger partial charge in [-0.2, -0.15) is 5.26 Å². The number of carbonyl (C=O) groups excluding carboxylic acids is 1. The van der Waals surface area contributed by atoms with Crippen LogP contribution in [0.3, 0.4) is 0 Å². The van der Waals surface area contributed by atoms with E-state index >= 15 is 0 Å². The van der Waals surface area contributed by atoms with Crippen molar-refractivity contribution in [2.24, 2.45) is 0 Å². The van der Waals surface area contributed by atoms with Crippen LogP contribution in [0.5, 0.6) is 0 Å². The predicted octanol–water partition coefficient (Wildman–Crippen LogP) is 3.93. The van der Waals surface area contributed by atoms with Gasteiger partial charge in [0, 0.05) is 24.8 Å². The molecule has 1 amide bonds. The van der Waals surface area contributed by atoms with Crippen molar-refractivity contribution in [1.82, 2.24) is 10.2 Å². The molecular weight excluding hydrogens is 348 g/mol. The van der Waals surface area contributed by atoms with Crippen LogP contribution in [-0.4, -0.2) is 43.0 Å². The van der Waals surface area contributed by atoms with E-state index in [1.807, 2.05) is 67.3 Å². The maximum absolute atomic E-state index is 13.2. The second kappa shape index (κ2) is 9.38. The average Bonchev–Trinajstić information content (AvgIpc) is 2.76. The van der Waals surface area contributed by atoms with Gasteiger partial charge < -0.3 is 15.1 Å². The van der Waals surface area contributed by atoms with Crippen molar-refractivity contribution in [3.05, 3.63) is 59.7 Å². The Balaban J connectivity index is 2.11. The lowest BCUT2D eigenvalue weighted by atomic mass is 10.00. The molecule has 1 heterocycles. The molecule has 146 valence electrons. The van der Waals surface area contributed by atoms with E-state index in [-0.39, 0.29) is 11.9 Å². The lowest BCUT2D eigenvalue weighted by Crippen LogP contribution is -2.42. The Morgan fingerprint density at radius 2 is 1.82 bits per heavy atom. The Kier molecular flexibility index (Phi) is 6.67. The normalized spacial score (nSPS) is 14.3. The molecule has 0 radical (unpaired) electrons. The van der Waals surface area contributed by atoms with E-state index < -0.39 is 0 Å². The molecule has 0 atom stereocenters. The molecule has 1 N–H and O–H groups in total. The summed E-state index contributed by atoms with van der Waals surface area (Å²) in [6.07, 6.45) is 1.98. The molecule has 1 fully saturated rings. The first kappa shape index (κ1) is 19.9. The number of benzene rings is 2. The quantitative estimate of drug-likeness (QED) is 0.830. The lowest BCUT2D eigenvalue weighted by Gasteiger charge is -2.38. The van der Waals surface area contributed by atoms with E-state index in [2.05, 4.69) is 16.3 Å². The molecule has 0 unspecified atom stereocenters. The van der Waals surface area contributed by atoms with Crippen molar-refractivity contribution in [1.29, 1.82) is 5.26 Å². The number of nitrogens with zero attached hydrogens (tertiary/aromatic N) is 3. The van der Waals surface area contributed by atoms with E-state index in [9.17, 15) is 10.1 Å². The maximum atomic E-state index is 13.2. The Labute approximate surface area is 167 Å². The average molecular weight is 377 g/mol. The molecule has 0 bridgehead atoms. The number of hydrogen-bond donors (Lipinski definition) is 1. The van der Waals surface area contributed by atoms with E-state index in [1.54, 1.807) is 0 Å². The van der Waals surface area contributed by atoms with E-state index in [4.69, 9.17) is 0 Å². The third kappa shape index (κ3) is 4.18. The highest BCUT2D eigenvalue weighted by atomic mass is 16.2. The first-order valence-corrected chi connectivity index (χ1v) is 10.1. The Morgan fingerprint density at radius 1 is 1.11 bits per heavy atom. The Hall–Kier alpha value is -2.84. The summed E-state index contributed by atoms with van der Waals surface area (Å²) in [6, 6.07) is 18.0. The van der Waals surface area contributed by atoms with Gasteiger partial charge >= 0.3 is 0 Å². The van der Waals surface area contributed by atoms with Gasteiger partial charge in [-0.05, 0) is 70.1 Å². The number of piperidine rings is 1. The largest absolute Gasteiger partial charge is 0.339 e. The minimum atomic E-state index is 0.0518.